The van der Waals surface area contributed by atoms with Crippen LogP contribution in [0.15, 0.2) is 24.3 Å². The molecule has 1 aliphatic carbocycles. The van der Waals surface area contributed by atoms with Crippen LogP contribution < -0.4 is 10.6 Å². The van der Waals surface area contributed by atoms with Crippen LogP contribution in [0.4, 0.5) is 0 Å². The molecule has 0 bridgehead atoms. The summed E-state index contributed by atoms with van der Waals surface area (Å²) in [6.45, 7) is 4.48. The van der Waals surface area contributed by atoms with E-state index in [-0.39, 0.29) is 23.7 Å². The van der Waals surface area contributed by atoms with E-state index in [1.165, 1.54) is 0 Å². The molecule has 0 spiro atoms. The molecule has 2 rings (SSSR count). The summed E-state index contributed by atoms with van der Waals surface area (Å²) >= 11 is 5.87. The van der Waals surface area contributed by atoms with Crippen LogP contribution in [0.25, 0.3) is 0 Å². The molecule has 0 aliphatic heterocycles. The van der Waals surface area contributed by atoms with E-state index in [9.17, 15) is 4.79 Å². The predicted molar refractivity (Wildman–Crippen MR) is 81.2 cm³/mol. The first-order valence-corrected chi connectivity index (χ1v) is 6.82. The molecule has 0 radical (unpaired) electrons. The van der Waals surface area contributed by atoms with Crippen LogP contribution in [-0.4, -0.2) is 25.5 Å². The zero-order chi connectivity index (χ0) is 13.0. The predicted octanol–water partition coefficient (Wildman–Crippen LogP) is 2.52. The van der Waals surface area contributed by atoms with E-state index in [0.717, 1.165) is 31.5 Å². The van der Waals surface area contributed by atoms with Crippen LogP contribution in [0.1, 0.15) is 25.3 Å². The van der Waals surface area contributed by atoms with E-state index in [1.54, 1.807) is 0 Å². The van der Waals surface area contributed by atoms with Crippen molar-refractivity contribution < 1.29 is 4.79 Å². The molecule has 1 amide bonds. The maximum absolute atomic E-state index is 12.2. The highest BCUT2D eigenvalue weighted by Crippen LogP contribution is 2.48. The number of carbonyl (C=O) groups excluding carboxylic acids is 1. The monoisotopic (exact) mass is 302 g/mol. The normalized spacial score (nSPS) is 15.5. The molecule has 19 heavy (non-hydrogen) atoms. The van der Waals surface area contributed by atoms with Gasteiger partial charge in [0.25, 0.3) is 0 Å². The second-order valence-electron chi connectivity index (χ2n) is 4.70. The van der Waals surface area contributed by atoms with Gasteiger partial charge in [-0.1, -0.05) is 30.7 Å². The zero-order valence-corrected chi connectivity index (χ0v) is 12.6. The number of halogens is 2. The first-order chi connectivity index (χ1) is 8.69. The molecular weight excluding hydrogens is 283 g/mol. The number of rotatable bonds is 6. The van der Waals surface area contributed by atoms with Crippen molar-refractivity contribution in [3.05, 3.63) is 34.9 Å². The average Bonchev–Trinajstić information content (AvgIpc) is 3.17. The van der Waals surface area contributed by atoms with Crippen molar-refractivity contribution >= 4 is 29.9 Å². The Morgan fingerprint density at radius 1 is 1.26 bits per heavy atom. The van der Waals surface area contributed by atoms with Crippen LogP contribution in [0.5, 0.6) is 0 Å². The summed E-state index contributed by atoms with van der Waals surface area (Å²) in [5, 5.41) is 6.90. The third-order valence-electron chi connectivity index (χ3n) is 3.42. The van der Waals surface area contributed by atoms with Gasteiger partial charge in [-0.15, -0.1) is 12.4 Å². The molecule has 5 heteroatoms. The minimum Gasteiger partial charge on any atom is -0.354 e. The molecular formula is C14H20Cl2N2O. The van der Waals surface area contributed by atoms with E-state index in [4.69, 9.17) is 11.6 Å². The number of carbonyl (C=O) groups is 1. The van der Waals surface area contributed by atoms with Gasteiger partial charge in [-0.25, -0.2) is 0 Å². The first-order valence-electron chi connectivity index (χ1n) is 6.44. The average molecular weight is 303 g/mol. The minimum atomic E-state index is -0.295. The van der Waals surface area contributed by atoms with Gasteiger partial charge >= 0.3 is 0 Å². The fourth-order valence-corrected chi connectivity index (χ4v) is 2.28. The Bertz CT molecular complexity index is 416. The van der Waals surface area contributed by atoms with Crippen molar-refractivity contribution in [2.75, 3.05) is 19.6 Å². The van der Waals surface area contributed by atoms with Crippen molar-refractivity contribution in [2.24, 2.45) is 0 Å². The summed E-state index contributed by atoms with van der Waals surface area (Å²) < 4.78 is 0. The largest absolute Gasteiger partial charge is 0.354 e. The highest BCUT2D eigenvalue weighted by atomic mass is 35.5. The number of amides is 1. The van der Waals surface area contributed by atoms with Gasteiger partial charge in [-0.2, -0.15) is 0 Å². The van der Waals surface area contributed by atoms with Crippen molar-refractivity contribution in [1.29, 1.82) is 0 Å². The molecule has 2 N–H and O–H groups in total. The summed E-state index contributed by atoms with van der Waals surface area (Å²) in [6.07, 6.45) is 1.86. The second kappa shape index (κ2) is 7.13. The van der Waals surface area contributed by atoms with Gasteiger partial charge in [0, 0.05) is 18.1 Å². The molecule has 1 fully saturated rings. The molecule has 1 saturated carbocycles. The topological polar surface area (TPSA) is 41.1 Å². The zero-order valence-electron chi connectivity index (χ0n) is 11.0. The highest BCUT2D eigenvalue weighted by molar-refractivity contribution is 6.30. The lowest BCUT2D eigenvalue weighted by Crippen LogP contribution is -2.38. The maximum atomic E-state index is 12.2. The molecule has 106 valence electrons. The molecule has 1 aromatic carbocycles. The molecule has 3 nitrogen and oxygen atoms in total. The Hall–Kier alpha value is -0.770. The van der Waals surface area contributed by atoms with E-state index in [2.05, 4.69) is 17.6 Å². The fraction of sp³-hybridized carbons (Fsp3) is 0.500. The van der Waals surface area contributed by atoms with Crippen molar-refractivity contribution in [3.8, 4) is 0 Å². The smallest absolute Gasteiger partial charge is 0.230 e. The first kappa shape index (κ1) is 16.3. The fourth-order valence-electron chi connectivity index (χ4n) is 2.15. The number of benzene rings is 1. The lowest BCUT2D eigenvalue weighted by Gasteiger charge is -2.16. The molecule has 0 unspecified atom stereocenters. The minimum absolute atomic E-state index is 0. The highest BCUT2D eigenvalue weighted by Gasteiger charge is 2.50. The lowest BCUT2D eigenvalue weighted by molar-refractivity contribution is -0.123. The number of hydrogen-bond donors (Lipinski definition) is 2. The van der Waals surface area contributed by atoms with Gasteiger partial charge in [0.1, 0.15) is 0 Å². The van der Waals surface area contributed by atoms with E-state index < -0.39 is 0 Å². The number of likely N-dealkylation sites (N-methyl/N-ethyl adjacent to an activating group) is 1. The number of hydrogen-bond acceptors (Lipinski definition) is 2. The molecule has 0 heterocycles. The van der Waals surface area contributed by atoms with Crippen molar-refractivity contribution in [3.63, 3.8) is 0 Å². The SMILES string of the molecule is CCNCCNC(=O)C1(c2ccc(Cl)cc2)CC1.Cl. The van der Waals surface area contributed by atoms with Crippen LogP contribution in [0, 0.1) is 0 Å². The quantitative estimate of drug-likeness (QED) is 0.793. The third-order valence-corrected chi connectivity index (χ3v) is 3.67. The summed E-state index contributed by atoms with van der Waals surface area (Å²) in [4.78, 5) is 12.2. The second-order valence-corrected chi connectivity index (χ2v) is 5.13. The summed E-state index contributed by atoms with van der Waals surface area (Å²) in [5.41, 5.74) is 0.782. The van der Waals surface area contributed by atoms with Crippen LogP contribution in [0.2, 0.25) is 5.02 Å². The standard InChI is InChI=1S/C14H19ClN2O.ClH/c1-2-16-9-10-17-13(18)14(7-8-14)11-3-5-12(15)6-4-11;/h3-6,16H,2,7-10H2,1H3,(H,17,18);1H. The molecule has 1 aliphatic rings. The van der Waals surface area contributed by atoms with Crippen LogP contribution in [0.3, 0.4) is 0 Å². The van der Waals surface area contributed by atoms with E-state index in [0.29, 0.717) is 11.6 Å². The van der Waals surface area contributed by atoms with Gasteiger partial charge in [0.2, 0.25) is 5.91 Å². The van der Waals surface area contributed by atoms with Gasteiger partial charge in [0.15, 0.2) is 0 Å². The Balaban J connectivity index is 0.00000180. The Kier molecular flexibility index (Phi) is 6.11. The van der Waals surface area contributed by atoms with Gasteiger partial charge in [-0.3, -0.25) is 4.79 Å². The number of nitrogens with one attached hydrogen (secondary N) is 2. The molecule has 0 atom stereocenters. The Morgan fingerprint density at radius 2 is 1.89 bits per heavy atom. The van der Waals surface area contributed by atoms with Crippen LogP contribution >= 0.6 is 24.0 Å². The van der Waals surface area contributed by atoms with Crippen molar-refractivity contribution in [2.45, 2.75) is 25.2 Å². The van der Waals surface area contributed by atoms with Gasteiger partial charge in [-0.05, 0) is 37.1 Å². The van der Waals surface area contributed by atoms with E-state index >= 15 is 0 Å². The summed E-state index contributed by atoms with van der Waals surface area (Å²) in [6, 6.07) is 7.62. The molecule has 0 aromatic heterocycles. The Labute approximate surface area is 125 Å². The lowest BCUT2D eigenvalue weighted by atomic mass is 9.95. The van der Waals surface area contributed by atoms with Crippen molar-refractivity contribution in [1.82, 2.24) is 10.6 Å². The van der Waals surface area contributed by atoms with Gasteiger partial charge < -0.3 is 10.6 Å². The Morgan fingerprint density at radius 3 is 2.42 bits per heavy atom. The maximum Gasteiger partial charge on any atom is 0.230 e. The van der Waals surface area contributed by atoms with E-state index in [1.807, 2.05) is 24.3 Å². The van der Waals surface area contributed by atoms with Crippen LogP contribution in [-0.2, 0) is 10.2 Å². The third kappa shape index (κ3) is 3.85. The summed E-state index contributed by atoms with van der Waals surface area (Å²) in [5.74, 6) is 0.141. The van der Waals surface area contributed by atoms with Gasteiger partial charge in [0.05, 0.1) is 5.41 Å². The molecule has 0 saturated heterocycles. The summed E-state index contributed by atoms with van der Waals surface area (Å²) in [7, 11) is 0. The molecule has 1 aromatic rings.